The van der Waals surface area contributed by atoms with Gasteiger partial charge in [-0.3, -0.25) is 0 Å². The van der Waals surface area contributed by atoms with E-state index in [1.165, 1.54) is 0 Å². The number of nitrogens with one attached hydrogen (secondary N) is 1. The van der Waals surface area contributed by atoms with Gasteiger partial charge in [-0.25, -0.2) is 4.98 Å². The molecule has 110 valence electrons. The summed E-state index contributed by atoms with van der Waals surface area (Å²) in [7, 11) is 5.40. The largest absolute Gasteiger partial charge is 0.498 e. The van der Waals surface area contributed by atoms with Gasteiger partial charge < -0.3 is 19.5 Å². The minimum Gasteiger partial charge on any atom is -0.399 e. The second kappa shape index (κ2) is 4.93. The zero-order valence-electron chi connectivity index (χ0n) is 13.4. The maximum atomic E-state index is 6.08. The molecule has 0 aromatic carbocycles. The second-order valence-electron chi connectivity index (χ2n) is 6.34. The molecule has 0 unspecified atom stereocenters. The summed E-state index contributed by atoms with van der Waals surface area (Å²) in [5.74, 6) is 1.68. The van der Waals surface area contributed by atoms with Crippen LogP contribution in [-0.4, -0.2) is 44.4 Å². The van der Waals surface area contributed by atoms with E-state index < -0.39 is 7.12 Å². The van der Waals surface area contributed by atoms with E-state index in [1.54, 1.807) is 0 Å². The summed E-state index contributed by atoms with van der Waals surface area (Å²) in [6, 6.07) is 3.98. The van der Waals surface area contributed by atoms with Crippen LogP contribution in [0.2, 0.25) is 0 Å². The van der Waals surface area contributed by atoms with Crippen LogP contribution in [0.1, 0.15) is 27.7 Å². The lowest BCUT2D eigenvalue weighted by molar-refractivity contribution is 0.00578. The molecular weight excluding hydrogens is 253 g/mol. The molecule has 5 nitrogen and oxygen atoms in total. The zero-order chi connectivity index (χ0) is 15.1. The van der Waals surface area contributed by atoms with Crippen molar-refractivity contribution in [3.8, 4) is 0 Å². The third-order valence-electron chi connectivity index (χ3n) is 4.11. The number of nitrogens with zero attached hydrogens (tertiary/aromatic N) is 2. The molecular formula is C14H24BN3O2. The Kier molecular flexibility index (Phi) is 3.73. The Morgan fingerprint density at radius 2 is 1.65 bits per heavy atom. The van der Waals surface area contributed by atoms with Crippen molar-refractivity contribution < 1.29 is 9.31 Å². The summed E-state index contributed by atoms with van der Waals surface area (Å²) < 4.78 is 12.2. The number of anilines is 2. The minimum absolute atomic E-state index is 0.344. The predicted octanol–water partition coefficient (Wildman–Crippen LogP) is 1.49. The molecule has 0 aliphatic carbocycles. The van der Waals surface area contributed by atoms with Crippen molar-refractivity contribution in [2.75, 3.05) is 31.4 Å². The number of rotatable bonds is 3. The Morgan fingerprint density at radius 1 is 1.10 bits per heavy atom. The SMILES string of the molecule is CNc1nc(N(C)C)ccc1B1OC(C)(C)C(C)(C)O1. The van der Waals surface area contributed by atoms with Crippen LogP contribution in [0.25, 0.3) is 0 Å². The molecule has 6 heteroatoms. The monoisotopic (exact) mass is 277 g/mol. The van der Waals surface area contributed by atoms with Crippen LogP contribution in [0, 0.1) is 0 Å². The number of pyridine rings is 1. The third kappa shape index (κ3) is 2.50. The van der Waals surface area contributed by atoms with E-state index in [0.717, 1.165) is 17.1 Å². The van der Waals surface area contributed by atoms with Gasteiger partial charge in [-0.1, -0.05) is 6.07 Å². The normalized spacial score (nSPS) is 20.1. The molecule has 0 amide bonds. The van der Waals surface area contributed by atoms with E-state index in [9.17, 15) is 0 Å². The summed E-state index contributed by atoms with van der Waals surface area (Å²) in [4.78, 5) is 6.55. The first-order chi connectivity index (χ1) is 9.18. The molecule has 0 saturated carbocycles. The summed E-state index contributed by atoms with van der Waals surface area (Å²) in [5.41, 5.74) is 0.239. The van der Waals surface area contributed by atoms with Crippen molar-refractivity contribution in [1.82, 2.24) is 4.98 Å². The quantitative estimate of drug-likeness (QED) is 0.848. The van der Waals surface area contributed by atoms with Gasteiger partial charge >= 0.3 is 7.12 Å². The van der Waals surface area contributed by atoms with E-state index in [0.29, 0.717) is 0 Å². The van der Waals surface area contributed by atoms with Crippen LogP contribution in [0.15, 0.2) is 12.1 Å². The van der Waals surface area contributed by atoms with Crippen molar-refractivity contribution in [1.29, 1.82) is 0 Å². The van der Waals surface area contributed by atoms with Crippen molar-refractivity contribution >= 4 is 24.2 Å². The Hall–Kier alpha value is -1.27. The van der Waals surface area contributed by atoms with Crippen molar-refractivity contribution in [3.05, 3.63) is 12.1 Å². The number of hydrogen-bond acceptors (Lipinski definition) is 5. The molecule has 1 aliphatic rings. The molecule has 1 aromatic rings. The van der Waals surface area contributed by atoms with E-state index in [1.807, 2.05) is 65.9 Å². The molecule has 0 radical (unpaired) electrons. The molecule has 0 atom stereocenters. The highest BCUT2D eigenvalue weighted by Gasteiger charge is 2.52. The van der Waals surface area contributed by atoms with E-state index in [-0.39, 0.29) is 11.2 Å². The molecule has 1 fully saturated rings. The van der Waals surface area contributed by atoms with Gasteiger partial charge in [0.15, 0.2) is 0 Å². The van der Waals surface area contributed by atoms with Crippen LogP contribution in [0.5, 0.6) is 0 Å². The highest BCUT2D eigenvalue weighted by molar-refractivity contribution is 6.63. The molecule has 1 aliphatic heterocycles. The standard InChI is InChI=1S/C14H24BN3O2/c1-13(2)14(3,4)20-15(19-13)10-8-9-11(18(6)7)17-12(10)16-5/h8-9H,1-7H3,(H,16,17). The summed E-state index contributed by atoms with van der Waals surface area (Å²) in [6.45, 7) is 8.20. The van der Waals surface area contributed by atoms with Crippen LogP contribution in [-0.2, 0) is 9.31 Å². The average Bonchev–Trinajstić information content (AvgIpc) is 2.57. The molecule has 2 rings (SSSR count). The highest BCUT2D eigenvalue weighted by Crippen LogP contribution is 2.36. The Morgan fingerprint density at radius 3 is 2.10 bits per heavy atom. The van der Waals surface area contributed by atoms with Crippen molar-refractivity contribution in [3.63, 3.8) is 0 Å². The Bertz CT molecular complexity index is 487. The van der Waals surface area contributed by atoms with Gasteiger partial charge in [0.1, 0.15) is 11.6 Å². The lowest BCUT2D eigenvalue weighted by Gasteiger charge is -2.32. The summed E-state index contributed by atoms with van der Waals surface area (Å²) in [6.07, 6.45) is 0. The van der Waals surface area contributed by atoms with Crippen LogP contribution in [0.4, 0.5) is 11.6 Å². The number of hydrogen-bond donors (Lipinski definition) is 1. The van der Waals surface area contributed by atoms with Crippen LogP contribution < -0.4 is 15.7 Å². The molecule has 0 bridgehead atoms. The van der Waals surface area contributed by atoms with Gasteiger partial charge in [0.2, 0.25) is 0 Å². The lowest BCUT2D eigenvalue weighted by atomic mass is 9.79. The minimum atomic E-state index is -0.397. The second-order valence-corrected chi connectivity index (χ2v) is 6.34. The van der Waals surface area contributed by atoms with Gasteiger partial charge in [0.05, 0.1) is 11.2 Å². The van der Waals surface area contributed by atoms with Gasteiger partial charge in [0, 0.05) is 26.6 Å². The average molecular weight is 277 g/mol. The first-order valence-corrected chi connectivity index (χ1v) is 6.89. The maximum Gasteiger partial charge on any atom is 0.498 e. The van der Waals surface area contributed by atoms with Crippen LogP contribution in [0.3, 0.4) is 0 Å². The first kappa shape index (κ1) is 15.1. The van der Waals surface area contributed by atoms with Crippen LogP contribution >= 0.6 is 0 Å². The Labute approximate surface area is 121 Å². The predicted molar refractivity (Wildman–Crippen MR) is 83.8 cm³/mol. The van der Waals surface area contributed by atoms with Gasteiger partial charge in [-0.2, -0.15) is 0 Å². The molecule has 20 heavy (non-hydrogen) atoms. The molecule has 1 N–H and O–H groups in total. The van der Waals surface area contributed by atoms with Gasteiger partial charge in [-0.05, 0) is 33.8 Å². The summed E-state index contributed by atoms with van der Waals surface area (Å²) in [5, 5.41) is 3.12. The smallest absolute Gasteiger partial charge is 0.399 e. The molecule has 0 spiro atoms. The van der Waals surface area contributed by atoms with Crippen molar-refractivity contribution in [2.45, 2.75) is 38.9 Å². The fourth-order valence-electron chi connectivity index (χ4n) is 2.07. The van der Waals surface area contributed by atoms with E-state index in [4.69, 9.17) is 9.31 Å². The van der Waals surface area contributed by atoms with E-state index >= 15 is 0 Å². The van der Waals surface area contributed by atoms with E-state index in [2.05, 4.69) is 10.3 Å². The Balaban J connectivity index is 2.35. The van der Waals surface area contributed by atoms with Gasteiger partial charge in [-0.15, -0.1) is 0 Å². The topological polar surface area (TPSA) is 46.6 Å². The molecule has 1 aromatic heterocycles. The third-order valence-corrected chi connectivity index (χ3v) is 4.11. The molecule has 2 heterocycles. The lowest BCUT2D eigenvalue weighted by Crippen LogP contribution is -2.41. The summed E-state index contributed by atoms with van der Waals surface area (Å²) >= 11 is 0. The fraction of sp³-hybridized carbons (Fsp3) is 0.643. The van der Waals surface area contributed by atoms with Crippen molar-refractivity contribution in [2.24, 2.45) is 0 Å². The zero-order valence-corrected chi connectivity index (χ0v) is 13.4. The molecule has 1 saturated heterocycles. The highest BCUT2D eigenvalue weighted by atomic mass is 16.7. The first-order valence-electron chi connectivity index (χ1n) is 6.89. The maximum absolute atomic E-state index is 6.08. The number of aromatic nitrogens is 1. The fourth-order valence-corrected chi connectivity index (χ4v) is 2.07. The van der Waals surface area contributed by atoms with Gasteiger partial charge in [0.25, 0.3) is 0 Å².